The maximum Gasteiger partial charge on any atom is 0.335 e. The lowest BCUT2D eigenvalue weighted by Crippen LogP contribution is -2.01. The summed E-state index contributed by atoms with van der Waals surface area (Å²) in [4.78, 5) is 10.8. The highest BCUT2D eigenvalue weighted by molar-refractivity contribution is 5.88. The maximum absolute atomic E-state index is 10.8. The van der Waals surface area contributed by atoms with Crippen LogP contribution in [-0.2, 0) is 0 Å². The standard InChI is InChI=1S/C11H9NO3/c12-6-7-3-8(11(13)14)5-10(4-7)15-9-1-2-9/h3-5,9H,1-2H2,(H,13,14). The number of benzene rings is 1. The van der Waals surface area contributed by atoms with Gasteiger partial charge in [-0.3, -0.25) is 0 Å². The second-order valence-corrected chi connectivity index (χ2v) is 3.48. The Kier molecular flexibility index (Phi) is 2.30. The molecule has 15 heavy (non-hydrogen) atoms. The van der Waals surface area contributed by atoms with E-state index in [9.17, 15) is 4.79 Å². The van der Waals surface area contributed by atoms with Crippen LogP contribution in [0.1, 0.15) is 28.8 Å². The van der Waals surface area contributed by atoms with E-state index in [1.165, 1.54) is 12.1 Å². The summed E-state index contributed by atoms with van der Waals surface area (Å²) in [5.41, 5.74) is 0.398. The average Bonchev–Trinajstić information content (AvgIpc) is 3.01. The molecule has 0 bridgehead atoms. The van der Waals surface area contributed by atoms with Gasteiger partial charge in [0.15, 0.2) is 0 Å². The minimum atomic E-state index is -1.05. The molecule has 0 aromatic heterocycles. The van der Waals surface area contributed by atoms with E-state index in [1.807, 2.05) is 6.07 Å². The van der Waals surface area contributed by atoms with Gasteiger partial charge in [0.1, 0.15) is 5.75 Å². The van der Waals surface area contributed by atoms with Crippen molar-refractivity contribution >= 4 is 5.97 Å². The Morgan fingerprint density at radius 3 is 2.73 bits per heavy atom. The Morgan fingerprint density at radius 2 is 2.20 bits per heavy atom. The number of hydrogen-bond acceptors (Lipinski definition) is 3. The fourth-order valence-electron chi connectivity index (χ4n) is 1.23. The van der Waals surface area contributed by atoms with Crippen LogP contribution in [-0.4, -0.2) is 17.2 Å². The molecule has 0 radical (unpaired) electrons. The molecule has 1 fully saturated rings. The molecule has 2 rings (SSSR count). The highest BCUT2D eigenvalue weighted by Crippen LogP contribution is 2.28. The summed E-state index contributed by atoms with van der Waals surface area (Å²) < 4.78 is 5.44. The minimum Gasteiger partial charge on any atom is -0.490 e. The molecular formula is C11H9NO3. The third-order valence-electron chi connectivity index (χ3n) is 2.11. The van der Waals surface area contributed by atoms with E-state index in [2.05, 4.69) is 0 Å². The normalized spacial score (nSPS) is 14.3. The molecule has 1 aliphatic carbocycles. The summed E-state index contributed by atoms with van der Waals surface area (Å²) in [6.45, 7) is 0. The fourth-order valence-corrected chi connectivity index (χ4v) is 1.23. The molecule has 1 aliphatic rings. The van der Waals surface area contributed by atoms with Crippen molar-refractivity contribution < 1.29 is 14.6 Å². The molecule has 1 aromatic carbocycles. The highest BCUT2D eigenvalue weighted by Gasteiger charge is 2.24. The van der Waals surface area contributed by atoms with Gasteiger partial charge in [0, 0.05) is 0 Å². The van der Waals surface area contributed by atoms with Crippen molar-refractivity contribution in [1.29, 1.82) is 5.26 Å². The molecule has 1 saturated carbocycles. The first-order valence-corrected chi connectivity index (χ1v) is 4.64. The first-order chi connectivity index (χ1) is 7.19. The summed E-state index contributed by atoms with van der Waals surface area (Å²) in [6, 6.07) is 6.25. The van der Waals surface area contributed by atoms with Gasteiger partial charge in [0.05, 0.1) is 23.3 Å². The van der Waals surface area contributed by atoms with E-state index in [-0.39, 0.29) is 11.7 Å². The van der Waals surface area contributed by atoms with E-state index in [1.54, 1.807) is 6.07 Å². The van der Waals surface area contributed by atoms with Crippen molar-refractivity contribution in [2.75, 3.05) is 0 Å². The number of aromatic carboxylic acids is 1. The third kappa shape index (κ3) is 2.26. The van der Waals surface area contributed by atoms with Crippen LogP contribution in [0.3, 0.4) is 0 Å². The van der Waals surface area contributed by atoms with E-state index in [0.29, 0.717) is 11.3 Å². The summed E-state index contributed by atoms with van der Waals surface area (Å²) in [5, 5.41) is 17.5. The SMILES string of the molecule is N#Cc1cc(OC2CC2)cc(C(=O)O)c1. The van der Waals surface area contributed by atoms with Gasteiger partial charge in [0.2, 0.25) is 0 Å². The van der Waals surface area contributed by atoms with E-state index in [0.717, 1.165) is 12.8 Å². The molecular weight excluding hydrogens is 194 g/mol. The number of rotatable bonds is 3. The number of nitrogens with zero attached hydrogens (tertiary/aromatic N) is 1. The number of ether oxygens (including phenoxy) is 1. The molecule has 4 heteroatoms. The van der Waals surface area contributed by atoms with Crippen LogP contribution in [0.2, 0.25) is 0 Å². The van der Waals surface area contributed by atoms with Crippen molar-refractivity contribution in [3.63, 3.8) is 0 Å². The van der Waals surface area contributed by atoms with Gasteiger partial charge in [-0.2, -0.15) is 5.26 Å². The maximum atomic E-state index is 10.8. The Hall–Kier alpha value is -2.02. The number of carbonyl (C=O) groups is 1. The van der Waals surface area contributed by atoms with Gasteiger partial charge in [-0.05, 0) is 31.0 Å². The van der Waals surface area contributed by atoms with Crippen molar-refractivity contribution in [2.24, 2.45) is 0 Å². The molecule has 0 amide bonds. The molecule has 76 valence electrons. The lowest BCUT2D eigenvalue weighted by atomic mass is 10.1. The van der Waals surface area contributed by atoms with Gasteiger partial charge in [-0.25, -0.2) is 4.79 Å². The van der Waals surface area contributed by atoms with Crippen LogP contribution in [0.4, 0.5) is 0 Å². The second-order valence-electron chi connectivity index (χ2n) is 3.48. The molecule has 4 nitrogen and oxygen atoms in total. The quantitative estimate of drug-likeness (QED) is 0.813. The van der Waals surface area contributed by atoms with Crippen LogP contribution in [0.25, 0.3) is 0 Å². The lowest BCUT2D eigenvalue weighted by molar-refractivity contribution is 0.0696. The zero-order valence-electron chi connectivity index (χ0n) is 7.93. The summed E-state index contributed by atoms with van der Waals surface area (Å²) in [6.07, 6.45) is 2.19. The van der Waals surface area contributed by atoms with Crippen LogP contribution in [0, 0.1) is 11.3 Å². The van der Waals surface area contributed by atoms with E-state index >= 15 is 0 Å². The molecule has 1 aromatic rings. The van der Waals surface area contributed by atoms with Gasteiger partial charge in [-0.15, -0.1) is 0 Å². The molecule has 0 heterocycles. The monoisotopic (exact) mass is 203 g/mol. The Bertz CT molecular complexity index is 444. The van der Waals surface area contributed by atoms with Crippen molar-refractivity contribution in [3.05, 3.63) is 29.3 Å². The van der Waals surface area contributed by atoms with Crippen LogP contribution >= 0.6 is 0 Å². The van der Waals surface area contributed by atoms with Crippen LogP contribution in [0.15, 0.2) is 18.2 Å². The molecule has 0 saturated heterocycles. The average molecular weight is 203 g/mol. The number of carboxylic acid groups (broad SMARTS) is 1. The zero-order chi connectivity index (χ0) is 10.8. The summed E-state index contributed by atoms with van der Waals surface area (Å²) in [5.74, 6) is -0.582. The van der Waals surface area contributed by atoms with Crippen molar-refractivity contribution in [1.82, 2.24) is 0 Å². The topological polar surface area (TPSA) is 70.3 Å². The lowest BCUT2D eigenvalue weighted by Gasteiger charge is -2.05. The van der Waals surface area contributed by atoms with Gasteiger partial charge < -0.3 is 9.84 Å². The highest BCUT2D eigenvalue weighted by atomic mass is 16.5. The number of nitriles is 1. The van der Waals surface area contributed by atoms with Crippen LogP contribution < -0.4 is 4.74 Å². The largest absolute Gasteiger partial charge is 0.490 e. The smallest absolute Gasteiger partial charge is 0.335 e. The Balaban J connectivity index is 2.32. The predicted molar refractivity (Wildman–Crippen MR) is 51.8 cm³/mol. The van der Waals surface area contributed by atoms with Gasteiger partial charge >= 0.3 is 5.97 Å². The molecule has 0 aliphatic heterocycles. The molecule has 0 spiro atoms. The fraction of sp³-hybridized carbons (Fsp3) is 0.273. The minimum absolute atomic E-state index is 0.0877. The van der Waals surface area contributed by atoms with E-state index < -0.39 is 5.97 Å². The van der Waals surface area contributed by atoms with Crippen LogP contribution in [0.5, 0.6) is 5.75 Å². The van der Waals surface area contributed by atoms with Gasteiger partial charge in [-0.1, -0.05) is 0 Å². The predicted octanol–water partition coefficient (Wildman–Crippen LogP) is 1.80. The first kappa shape index (κ1) is 9.53. The van der Waals surface area contributed by atoms with Crippen molar-refractivity contribution in [2.45, 2.75) is 18.9 Å². The first-order valence-electron chi connectivity index (χ1n) is 4.64. The van der Waals surface area contributed by atoms with E-state index in [4.69, 9.17) is 15.1 Å². The Labute approximate surface area is 86.7 Å². The summed E-state index contributed by atoms with van der Waals surface area (Å²) >= 11 is 0. The zero-order valence-corrected chi connectivity index (χ0v) is 7.93. The third-order valence-corrected chi connectivity index (χ3v) is 2.11. The second kappa shape index (κ2) is 3.62. The van der Waals surface area contributed by atoms with Gasteiger partial charge in [0.25, 0.3) is 0 Å². The molecule has 1 N–H and O–H groups in total. The number of carboxylic acids is 1. The Morgan fingerprint density at radius 1 is 1.47 bits per heavy atom. The van der Waals surface area contributed by atoms with Crippen molar-refractivity contribution in [3.8, 4) is 11.8 Å². The molecule has 0 atom stereocenters. The summed E-state index contributed by atoms with van der Waals surface area (Å²) in [7, 11) is 0. The molecule has 0 unspecified atom stereocenters. The number of hydrogen-bond donors (Lipinski definition) is 1.